The molecule has 0 amide bonds. The van der Waals surface area contributed by atoms with Gasteiger partial charge in [-0.25, -0.2) is 0 Å². The molecule has 0 rings (SSSR count). The van der Waals surface area contributed by atoms with Crippen molar-refractivity contribution >= 4 is 0 Å². The molecule has 0 fully saturated rings. The minimum atomic E-state index is 1.15. The zero-order valence-corrected chi connectivity index (χ0v) is 17.1. The molecular weight excluding hydrogens is 300 g/mol. The Kier molecular flexibility index (Phi) is 22.0. The second-order valence-electron chi connectivity index (χ2n) is 7.10. The molecular formula is C25H44. The Balaban J connectivity index is 3.21. The van der Waals surface area contributed by atoms with Gasteiger partial charge in [0.2, 0.25) is 0 Å². The molecule has 0 aliphatic heterocycles. The van der Waals surface area contributed by atoms with E-state index >= 15 is 0 Å². The van der Waals surface area contributed by atoms with Crippen LogP contribution < -0.4 is 0 Å². The molecule has 0 N–H and O–H groups in total. The van der Waals surface area contributed by atoms with Crippen LogP contribution in [0.1, 0.15) is 110 Å². The number of allylic oxidation sites excluding steroid dienone is 7. The van der Waals surface area contributed by atoms with E-state index in [0.717, 1.165) is 6.42 Å². The van der Waals surface area contributed by atoms with Gasteiger partial charge in [-0.1, -0.05) is 88.0 Å². The van der Waals surface area contributed by atoms with Crippen molar-refractivity contribution in [3.8, 4) is 0 Å². The van der Waals surface area contributed by atoms with Gasteiger partial charge in [0.05, 0.1) is 0 Å². The molecule has 0 heterocycles. The number of hydrogen-bond acceptors (Lipinski definition) is 0. The predicted molar refractivity (Wildman–Crippen MR) is 117 cm³/mol. The van der Waals surface area contributed by atoms with Crippen LogP contribution in [0.3, 0.4) is 0 Å². The summed E-state index contributed by atoms with van der Waals surface area (Å²) in [5, 5.41) is 0. The van der Waals surface area contributed by atoms with Crippen LogP contribution in [0.2, 0.25) is 0 Å². The van der Waals surface area contributed by atoms with Gasteiger partial charge >= 0.3 is 0 Å². The van der Waals surface area contributed by atoms with E-state index in [4.69, 9.17) is 0 Å². The van der Waals surface area contributed by atoms with E-state index in [0.29, 0.717) is 0 Å². The zero-order valence-electron chi connectivity index (χ0n) is 17.1. The third-order valence-corrected chi connectivity index (χ3v) is 4.54. The Hall–Kier alpha value is -1.04. The van der Waals surface area contributed by atoms with E-state index in [-0.39, 0.29) is 0 Å². The fourth-order valence-electron chi connectivity index (χ4n) is 2.88. The molecule has 0 spiro atoms. The van der Waals surface area contributed by atoms with E-state index in [1.54, 1.807) is 0 Å². The van der Waals surface area contributed by atoms with E-state index in [1.807, 2.05) is 6.08 Å². The highest BCUT2D eigenvalue weighted by atomic mass is 14.0. The summed E-state index contributed by atoms with van der Waals surface area (Å²) >= 11 is 0. The second-order valence-corrected chi connectivity index (χ2v) is 7.10. The molecule has 25 heavy (non-hydrogen) atoms. The Labute approximate surface area is 159 Å². The first-order valence-corrected chi connectivity index (χ1v) is 11.0. The topological polar surface area (TPSA) is 0 Å². The van der Waals surface area contributed by atoms with Gasteiger partial charge in [-0.3, -0.25) is 0 Å². The van der Waals surface area contributed by atoms with E-state index in [2.05, 4.69) is 50.0 Å². The third kappa shape index (κ3) is 23.0. The lowest BCUT2D eigenvalue weighted by Crippen LogP contribution is -1.78. The monoisotopic (exact) mass is 344 g/mol. The normalized spacial score (nSPS) is 12.0. The third-order valence-electron chi connectivity index (χ3n) is 4.54. The van der Waals surface area contributed by atoms with Gasteiger partial charge in [0.15, 0.2) is 0 Å². The lowest BCUT2D eigenvalue weighted by Gasteiger charge is -1.98. The molecule has 0 nitrogen and oxygen atoms in total. The minimum Gasteiger partial charge on any atom is -0.103 e. The lowest BCUT2D eigenvalue weighted by atomic mass is 10.1. The van der Waals surface area contributed by atoms with Crippen molar-refractivity contribution in [3.05, 3.63) is 49.1 Å². The first-order chi connectivity index (χ1) is 12.4. The summed E-state index contributed by atoms with van der Waals surface area (Å²) in [6.45, 7) is 6.03. The van der Waals surface area contributed by atoms with Gasteiger partial charge in [0, 0.05) is 0 Å². The SMILES string of the molecule is C=CCCCCC=CC=CCCCCCCC=CCCCCCCC. The van der Waals surface area contributed by atoms with Crippen LogP contribution >= 0.6 is 0 Å². The van der Waals surface area contributed by atoms with Crippen molar-refractivity contribution in [2.75, 3.05) is 0 Å². The number of rotatable bonds is 19. The highest BCUT2D eigenvalue weighted by molar-refractivity contribution is 5.02. The van der Waals surface area contributed by atoms with Crippen molar-refractivity contribution in [1.82, 2.24) is 0 Å². The summed E-state index contributed by atoms with van der Waals surface area (Å²) in [4.78, 5) is 0. The van der Waals surface area contributed by atoms with Crippen LogP contribution in [0.15, 0.2) is 49.1 Å². The molecule has 0 radical (unpaired) electrons. The molecule has 0 aromatic heterocycles. The highest BCUT2D eigenvalue weighted by Crippen LogP contribution is 2.09. The molecule has 0 heteroatoms. The molecule has 0 aromatic rings. The minimum absolute atomic E-state index is 1.15. The summed E-state index contributed by atoms with van der Waals surface area (Å²) < 4.78 is 0. The maximum absolute atomic E-state index is 3.75. The smallest absolute Gasteiger partial charge is 0.0347 e. The fraction of sp³-hybridized carbons (Fsp3) is 0.680. The predicted octanol–water partition coefficient (Wildman–Crippen LogP) is 9.10. The molecule has 0 bridgehead atoms. The average molecular weight is 345 g/mol. The van der Waals surface area contributed by atoms with Gasteiger partial charge < -0.3 is 0 Å². The molecule has 0 aliphatic rings. The summed E-state index contributed by atoms with van der Waals surface area (Å²) in [5.74, 6) is 0. The Morgan fingerprint density at radius 3 is 1.36 bits per heavy atom. The van der Waals surface area contributed by atoms with Crippen LogP contribution in [-0.2, 0) is 0 Å². The standard InChI is InChI=1S/C25H44/c1-3-5-7-9-11-13-15-17-19-21-23-25-24-22-20-18-16-14-12-10-8-6-4-2/h3,13,15-19H,1,4-12,14,20-25H2,2H3. The first kappa shape index (κ1) is 24.0. The summed E-state index contributed by atoms with van der Waals surface area (Å²) in [5.41, 5.74) is 0. The van der Waals surface area contributed by atoms with Crippen molar-refractivity contribution in [1.29, 1.82) is 0 Å². The van der Waals surface area contributed by atoms with E-state index in [1.165, 1.54) is 96.3 Å². The van der Waals surface area contributed by atoms with Crippen molar-refractivity contribution in [2.45, 2.75) is 110 Å². The van der Waals surface area contributed by atoms with Gasteiger partial charge in [0.25, 0.3) is 0 Å². The maximum atomic E-state index is 3.75. The van der Waals surface area contributed by atoms with Crippen molar-refractivity contribution in [2.24, 2.45) is 0 Å². The second kappa shape index (κ2) is 23.0. The lowest BCUT2D eigenvalue weighted by molar-refractivity contribution is 0.635. The summed E-state index contributed by atoms with van der Waals surface area (Å²) in [7, 11) is 0. The molecule has 144 valence electrons. The fourth-order valence-corrected chi connectivity index (χ4v) is 2.88. The quantitative estimate of drug-likeness (QED) is 0.124. The highest BCUT2D eigenvalue weighted by Gasteiger charge is 1.89. The summed E-state index contributed by atoms with van der Waals surface area (Å²) in [6, 6.07) is 0. The zero-order chi connectivity index (χ0) is 18.3. The van der Waals surface area contributed by atoms with E-state index in [9.17, 15) is 0 Å². The van der Waals surface area contributed by atoms with Crippen LogP contribution in [0, 0.1) is 0 Å². The molecule has 0 saturated carbocycles. The molecule has 0 atom stereocenters. The molecule has 0 aliphatic carbocycles. The Morgan fingerprint density at radius 1 is 0.480 bits per heavy atom. The number of unbranched alkanes of at least 4 members (excludes halogenated alkanes) is 13. The molecule has 0 aromatic carbocycles. The van der Waals surface area contributed by atoms with Crippen LogP contribution in [-0.4, -0.2) is 0 Å². The van der Waals surface area contributed by atoms with Gasteiger partial charge in [-0.2, -0.15) is 0 Å². The molecule has 0 saturated heterocycles. The molecule has 0 unspecified atom stereocenters. The summed E-state index contributed by atoms with van der Waals surface area (Å²) in [6.07, 6.45) is 37.0. The first-order valence-electron chi connectivity index (χ1n) is 11.0. The van der Waals surface area contributed by atoms with Gasteiger partial charge in [-0.05, 0) is 64.2 Å². The van der Waals surface area contributed by atoms with Gasteiger partial charge in [0.1, 0.15) is 0 Å². The van der Waals surface area contributed by atoms with Crippen LogP contribution in [0.25, 0.3) is 0 Å². The Bertz CT molecular complexity index is 332. The van der Waals surface area contributed by atoms with E-state index < -0.39 is 0 Å². The Morgan fingerprint density at radius 2 is 0.880 bits per heavy atom. The van der Waals surface area contributed by atoms with Crippen LogP contribution in [0.4, 0.5) is 0 Å². The van der Waals surface area contributed by atoms with Crippen LogP contribution in [0.5, 0.6) is 0 Å². The van der Waals surface area contributed by atoms with Crippen molar-refractivity contribution < 1.29 is 0 Å². The largest absolute Gasteiger partial charge is 0.103 e. The maximum Gasteiger partial charge on any atom is -0.0347 e. The van der Waals surface area contributed by atoms with Crippen molar-refractivity contribution in [3.63, 3.8) is 0 Å². The van der Waals surface area contributed by atoms with Gasteiger partial charge in [-0.15, -0.1) is 6.58 Å². The average Bonchev–Trinajstić information content (AvgIpc) is 2.63. The number of hydrogen-bond donors (Lipinski definition) is 0.